The number of rotatable bonds is 9. The van der Waals surface area contributed by atoms with Gasteiger partial charge in [0.25, 0.3) is 5.91 Å². The quantitative estimate of drug-likeness (QED) is 0.195. The Bertz CT molecular complexity index is 1450. The van der Waals surface area contributed by atoms with Crippen molar-refractivity contribution < 1.29 is 19.5 Å². The van der Waals surface area contributed by atoms with Crippen LogP contribution in [0.25, 0.3) is 17.2 Å². The minimum Gasteiger partial charge on any atom is -0.481 e. The molecule has 0 aromatic heterocycles. The van der Waals surface area contributed by atoms with Crippen molar-refractivity contribution in [1.29, 1.82) is 0 Å². The van der Waals surface area contributed by atoms with Crippen molar-refractivity contribution >= 4 is 45.5 Å². The van der Waals surface area contributed by atoms with Crippen LogP contribution in [0.1, 0.15) is 33.9 Å². The number of hydrogen-bond donors (Lipinski definition) is 3. The number of carboxylic acids is 1. The number of nitrogens with one attached hydrogen (secondary N) is 2. The highest BCUT2D eigenvalue weighted by Gasteiger charge is 2.21. The summed E-state index contributed by atoms with van der Waals surface area (Å²) in [6.07, 6.45) is 2.77. The summed E-state index contributed by atoms with van der Waals surface area (Å²) < 4.78 is 0.641. The molecule has 0 heterocycles. The number of aliphatic carboxylic acids is 1. The van der Waals surface area contributed by atoms with Gasteiger partial charge in [-0.05, 0) is 46.5 Å². The van der Waals surface area contributed by atoms with Crippen LogP contribution in [0.15, 0.2) is 114 Å². The SMILES string of the molecule is O=C(O)CC(NC(=O)c1cc(Br)ccc1NC(=O)C=Cc1ccccc1)c1ccc(-c2ccccc2)cc1. The second-order valence-corrected chi connectivity index (χ2v) is 9.45. The van der Waals surface area contributed by atoms with E-state index in [2.05, 4.69) is 26.6 Å². The fraction of sp³-hybridized carbons (Fsp3) is 0.0645. The molecule has 190 valence electrons. The Kier molecular flexibility index (Phi) is 8.85. The summed E-state index contributed by atoms with van der Waals surface area (Å²) in [4.78, 5) is 37.5. The molecule has 6 nitrogen and oxygen atoms in total. The summed E-state index contributed by atoms with van der Waals surface area (Å²) in [5, 5.41) is 15.1. The third-order valence-electron chi connectivity index (χ3n) is 5.82. The van der Waals surface area contributed by atoms with Crippen LogP contribution in [0.2, 0.25) is 0 Å². The summed E-state index contributed by atoms with van der Waals surface area (Å²) in [6, 6.07) is 30.8. The number of halogens is 1. The lowest BCUT2D eigenvalue weighted by Gasteiger charge is -2.19. The van der Waals surface area contributed by atoms with E-state index in [1.54, 1.807) is 24.3 Å². The van der Waals surface area contributed by atoms with E-state index in [9.17, 15) is 19.5 Å². The molecule has 0 bridgehead atoms. The Balaban J connectivity index is 1.53. The smallest absolute Gasteiger partial charge is 0.305 e. The zero-order valence-corrected chi connectivity index (χ0v) is 21.9. The highest BCUT2D eigenvalue weighted by Crippen LogP contribution is 2.26. The number of hydrogen-bond acceptors (Lipinski definition) is 3. The van der Waals surface area contributed by atoms with Crippen molar-refractivity contribution in [2.75, 3.05) is 5.32 Å². The van der Waals surface area contributed by atoms with E-state index < -0.39 is 23.8 Å². The molecule has 0 aliphatic rings. The minimum absolute atomic E-state index is 0.206. The summed E-state index contributed by atoms with van der Waals surface area (Å²) in [5.41, 5.74) is 4.06. The van der Waals surface area contributed by atoms with E-state index in [4.69, 9.17) is 0 Å². The first-order valence-corrected chi connectivity index (χ1v) is 12.7. The molecular formula is C31H25BrN2O4. The first kappa shape index (κ1) is 26.6. The third-order valence-corrected chi connectivity index (χ3v) is 6.31. The average molecular weight is 569 g/mol. The number of carbonyl (C=O) groups excluding carboxylic acids is 2. The summed E-state index contributed by atoms with van der Waals surface area (Å²) >= 11 is 3.37. The van der Waals surface area contributed by atoms with Gasteiger partial charge in [0.15, 0.2) is 0 Å². The number of benzene rings is 4. The van der Waals surface area contributed by atoms with E-state index >= 15 is 0 Å². The maximum Gasteiger partial charge on any atom is 0.305 e. The summed E-state index contributed by atoms with van der Waals surface area (Å²) in [5.74, 6) is -1.95. The van der Waals surface area contributed by atoms with Gasteiger partial charge in [-0.3, -0.25) is 14.4 Å². The van der Waals surface area contributed by atoms with Crippen molar-refractivity contribution in [3.63, 3.8) is 0 Å². The summed E-state index contributed by atoms with van der Waals surface area (Å²) in [6.45, 7) is 0. The van der Waals surface area contributed by atoms with Gasteiger partial charge in [0.2, 0.25) is 5.91 Å². The third kappa shape index (κ3) is 7.27. The lowest BCUT2D eigenvalue weighted by Crippen LogP contribution is -2.31. The van der Waals surface area contributed by atoms with Crippen LogP contribution in [-0.2, 0) is 9.59 Å². The van der Waals surface area contributed by atoms with E-state index in [1.165, 1.54) is 6.08 Å². The molecule has 3 N–H and O–H groups in total. The van der Waals surface area contributed by atoms with Crippen LogP contribution < -0.4 is 10.6 Å². The highest BCUT2D eigenvalue weighted by atomic mass is 79.9. The summed E-state index contributed by atoms with van der Waals surface area (Å²) in [7, 11) is 0. The maximum atomic E-state index is 13.3. The van der Waals surface area contributed by atoms with Gasteiger partial charge in [0.1, 0.15) is 0 Å². The van der Waals surface area contributed by atoms with Crippen LogP contribution >= 0.6 is 15.9 Å². The number of carboxylic acid groups (broad SMARTS) is 1. The van der Waals surface area contributed by atoms with E-state index in [-0.39, 0.29) is 12.0 Å². The first-order valence-electron chi connectivity index (χ1n) is 11.9. The highest BCUT2D eigenvalue weighted by molar-refractivity contribution is 9.10. The van der Waals surface area contributed by atoms with Gasteiger partial charge in [-0.1, -0.05) is 101 Å². The Hall–Kier alpha value is -4.49. The van der Waals surface area contributed by atoms with Gasteiger partial charge in [-0.2, -0.15) is 0 Å². The van der Waals surface area contributed by atoms with Gasteiger partial charge in [0, 0.05) is 10.5 Å². The predicted molar refractivity (Wildman–Crippen MR) is 153 cm³/mol. The second-order valence-electron chi connectivity index (χ2n) is 8.54. The molecule has 0 radical (unpaired) electrons. The van der Waals surface area contributed by atoms with Crippen molar-refractivity contribution in [3.8, 4) is 11.1 Å². The minimum atomic E-state index is -1.05. The molecule has 2 amide bonds. The molecule has 0 spiro atoms. The Morgan fingerprint density at radius 2 is 1.45 bits per heavy atom. The van der Waals surface area contributed by atoms with E-state index in [0.29, 0.717) is 15.7 Å². The molecule has 0 aliphatic heterocycles. The zero-order valence-electron chi connectivity index (χ0n) is 20.3. The molecule has 4 aromatic rings. The number of carbonyl (C=O) groups is 3. The van der Waals surface area contributed by atoms with Crippen LogP contribution in [0.3, 0.4) is 0 Å². The number of anilines is 1. The van der Waals surface area contributed by atoms with Gasteiger partial charge < -0.3 is 15.7 Å². The number of amides is 2. The van der Waals surface area contributed by atoms with Crippen LogP contribution in [0.4, 0.5) is 5.69 Å². The zero-order chi connectivity index (χ0) is 26.9. The molecule has 4 aromatic carbocycles. The Morgan fingerprint density at radius 1 is 0.816 bits per heavy atom. The van der Waals surface area contributed by atoms with Crippen LogP contribution in [0, 0.1) is 0 Å². The topological polar surface area (TPSA) is 95.5 Å². The van der Waals surface area contributed by atoms with Crippen molar-refractivity contribution in [2.24, 2.45) is 0 Å². The molecule has 0 fully saturated rings. The monoisotopic (exact) mass is 568 g/mol. The van der Waals surface area contributed by atoms with E-state index in [1.807, 2.05) is 84.9 Å². The lowest BCUT2D eigenvalue weighted by molar-refractivity contribution is -0.137. The van der Waals surface area contributed by atoms with Gasteiger partial charge in [-0.15, -0.1) is 0 Å². The van der Waals surface area contributed by atoms with Gasteiger partial charge >= 0.3 is 5.97 Å². The molecule has 0 aliphatic carbocycles. The molecular weight excluding hydrogens is 544 g/mol. The van der Waals surface area contributed by atoms with Gasteiger partial charge in [-0.25, -0.2) is 0 Å². The van der Waals surface area contributed by atoms with Crippen LogP contribution in [-0.4, -0.2) is 22.9 Å². The van der Waals surface area contributed by atoms with Crippen molar-refractivity contribution in [1.82, 2.24) is 5.32 Å². The maximum absolute atomic E-state index is 13.3. The van der Waals surface area contributed by atoms with Crippen molar-refractivity contribution in [3.05, 3.63) is 130 Å². The Morgan fingerprint density at radius 3 is 2.11 bits per heavy atom. The average Bonchev–Trinajstić information content (AvgIpc) is 2.93. The standard InChI is InChI=1S/C31H25BrN2O4/c32-25-16-17-27(33-29(35)18-11-21-7-3-1-4-8-21)26(19-25)31(38)34-28(20-30(36)37)24-14-12-23(13-15-24)22-9-5-2-6-10-22/h1-19,28H,20H2,(H,33,35)(H,34,38)(H,36,37). The van der Waals surface area contributed by atoms with Gasteiger partial charge in [0.05, 0.1) is 23.7 Å². The molecule has 38 heavy (non-hydrogen) atoms. The normalized spacial score (nSPS) is 11.6. The molecule has 0 saturated carbocycles. The van der Waals surface area contributed by atoms with Crippen LogP contribution in [0.5, 0.6) is 0 Å². The van der Waals surface area contributed by atoms with E-state index in [0.717, 1.165) is 16.7 Å². The molecule has 7 heteroatoms. The largest absolute Gasteiger partial charge is 0.481 e. The lowest BCUT2D eigenvalue weighted by atomic mass is 9.98. The fourth-order valence-corrected chi connectivity index (χ4v) is 4.29. The molecule has 1 unspecified atom stereocenters. The Labute approximate surface area is 229 Å². The predicted octanol–water partition coefficient (Wildman–Crippen LogP) is 6.71. The first-order chi connectivity index (χ1) is 18.4. The molecule has 1 atom stereocenters. The van der Waals surface area contributed by atoms with Crippen molar-refractivity contribution in [2.45, 2.75) is 12.5 Å². The molecule has 0 saturated heterocycles. The molecule has 4 rings (SSSR count). The fourth-order valence-electron chi connectivity index (χ4n) is 3.93. The second kappa shape index (κ2) is 12.7.